The van der Waals surface area contributed by atoms with Crippen molar-refractivity contribution in [1.29, 1.82) is 0 Å². The number of hydrogen-bond acceptors (Lipinski definition) is 3. The summed E-state index contributed by atoms with van der Waals surface area (Å²) in [5.74, 6) is -0.00590. The molecule has 2 rings (SSSR count). The maximum atomic E-state index is 12.8. The number of nitrogens with zero attached hydrogens (tertiary/aromatic N) is 1. The summed E-state index contributed by atoms with van der Waals surface area (Å²) in [4.78, 5) is 15.7. The van der Waals surface area contributed by atoms with Gasteiger partial charge in [-0.3, -0.25) is 4.79 Å². The number of rotatable bonds is 6. The Labute approximate surface area is 145 Å². The molecule has 112 valence electrons. The summed E-state index contributed by atoms with van der Waals surface area (Å²) < 4.78 is 6.80. The Morgan fingerprint density at radius 3 is 2.81 bits per heavy atom. The lowest BCUT2D eigenvalue weighted by Crippen LogP contribution is -2.33. The quantitative estimate of drug-likeness (QED) is 0.669. The van der Waals surface area contributed by atoms with Crippen molar-refractivity contribution >= 4 is 49.1 Å². The maximum Gasteiger partial charge on any atom is 0.255 e. The van der Waals surface area contributed by atoms with Crippen molar-refractivity contribution in [1.82, 2.24) is 4.90 Å². The van der Waals surface area contributed by atoms with Gasteiger partial charge in [-0.15, -0.1) is 11.3 Å². The first-order valence-corrected chi connectivity index (χ1v) is 8.84. The van der Waals surface area contributed by atoms with Crippen LogP contribution in [0.1, 0.15) is 15.2 Å². The highest BCUT2D eigenvalue weighted by atomic mass is 79.9. The first-order chi connectivity index (χ1) is 10.1. The van der Waals surface area contributed by atoms with E-state index >= 15 is 0 Å². The van der Waals surface area contributed by atoms with Gasteiger partial charge in [0.25, 0.3) is 5.91 Å². The van der Waals surface area contributed by atoms with Crippen molar-refractivity contribution in [2.45, 2.75) is 6.54 Å². The Morgan fingerprint density at radius 1 is 1.33 bits per heavy atom. The average Bonchev–Trinajstić information content (AvgIpc) is 2.98. The van der Waals surface area contributed by atoms with Gasteiger partial charge in [-0.25, -0.2) is 0 Å². The molecule has 1 heterocycles. The van der Waals surface area contributed by atoms with Gasteiger partial charge in [0.05, 0.1) is 18.7 Å². The molecule has 0 fully saturated rings. The van der Waals surface area contributed by atoms with Crippen LogP contribution >= 0.6 is 43.2 Å². The highest BCUT2D eigenvalue weighted by molar-refractivity contribution is 9.11. The Bertz CT molecular complexity index is 602. The van der Waals surface area contributed by atoms with Gasteiger partial charge in [-0.05, 0) is 45.6 Å². The largest absolute Gasteiger partial charge is 0.383 e. The van der Waals surface area contributed by atoms with Crippen LogP contribution in [0, 0.1) is 0 Å². The topological polar surface area (TPSA) is 29.5 Å². The maximum absolute atomic E-state index is 12.8. The standard InChI is InChI=1S/C15H15Br2NO2S/c1-20-7-6-18(10-12-3-2-8-21-12)15(19)13-9-11(16)4-5-14(13)17/h2-5,8-9H,6-7,10H2,1H3. The molecule has 1 amide bonds. The lowest BCUT2D eigenvalue weighted by Gasteiger charge is -2.22. The number of ether oxygens (including phenoxy) is 1. The monoisotopic (exact) mass is 431 g/mol. The summed E-state index contributed by atoms with van der Waals surface area (Å²) in [6.07, 6.45) is 0. The molecule has 0 radical (unpaired) electrons. The van der Waals surface area contributed by atoms with E-state index in [0.717, 1.165) is 13.8 Å². The molecule has 0 aliphatic carbocycles. The SMILES string of the molecule is COCCN(Cc1cccs1)C(=O)c1cc(Br)ccc1Br. The van der Waals surface area contributed by atoms with Crippen LogP contribution in [0.4, 0.5) is 0 Å². The van der Waals surface area contributed by atoms with Crippen molar-refractivity contribution in [3.05, 3.63) is 55.1 Å². The summed E-state index contributed by atoms with van der Waals surface area (Å²) in [5.41, 5.74) is 0.650. The minimum Gasteiger partial charge on any atom is -0.383 e. The third-order valence-electron chi connectivity index (χ3n) is 2.94. The number of carbonyl (C=O) groups excluding carboxylic acids is 1. The summed E-state index contributed by atoms with van der Waals surface area (Å²) in [6.45, 7) is 1.67. The minimum atomic E-state index is -0.00590. The van der Waals surface area contributed by atoms with Crippen LogP contribution in [-0.4, -0.2) is 31.1 Å². The Hall–Kier alpha value is -0.690. The third kappa shape index (κ3) is 4.64. The van der Waals surface area contributed by atoms with Crippen LogP contribution < -0.4 is 0 Å². The number of carbonyl (C=O) groups is 1. The van der Waals surface area contributed by atoms with Crippen molar-refractivity contribution in [2.75, 3.05) is 20.3 Å². The van der Waals surface area contributed by atoms with E-state index in [0.29, 0.717) is 25.3 Å². The molecule has 0 N–H and O–H groups in total. The molecule has 21 heavy (non-hydrogen) atoms. The zero-order chi connectivity index (χ0) is 15.2. The van der Waals surface area contributed by atoms with Crippen LogP contribution in [0.25, 0.3) is 0 Å². The predicted octanol–water partition coefficient (Wildman–Crippen LogP) is 4.56. The lowest BCUT2D eigenvalue weighted by atomic mass is 10.2. The summed E-state index contributed by atoms with van der Waals surface area (Å²) in [5, 5.41) is 2.02. The molecule has 0 unspecified atom stereocenters. The van der Waals surface area contributed by atoms with Gasteiger partial charge < -0.3 is 9.64 Å². The molecule has 0 aliphatic rings. The fourth-order valence-corrected chi connectivity index (χ4v) is 3.37. The highest BCUT2D eigenvalue weighted by Crippen LogP contribution is 2.24. The van der Waals surface area contributed by atoms with E-state index in [2.05, 4.69) is 31.9 Å². The number of methoxy groups -OCH3 is 1. The van der Waals surface area contributed by atoms with Gasteiger partial charge in [0.2, 0.25) is 0 Å². The van der Waals surface area contributed by atoms with Gasteiger partial charge in [0.15, 0.2) is 0 Å². The molecular weight excluding hydrogens is 418 g/mol. The number of thiophene rings is 1. The van der Waals surface area contributed by atoms with Crippen LogP contribution in [0.15, 0.2) is 44.7 Å². The summed E-state index contributed by atoms with van der Waals surface area (Å²) in [7, 11) is 1.64. The molecule has 0 saturated carbocycles. The van der Waals surface area contributed by atoms with E-state index in [1.807, 2.05) is 40.6 Å². The van der Waals surface area contributed by atoms with E-state index in [1.54, 1.807) is 18.4 Å². The molecule has 0 spiro atoms. The van der Waals surface area contributed by atoms with Crippen LogP contribution in [-0.2, 0) is 11.3 Å². The van der Waals surface area contributed by atoms with E-state index in [1.165, 1.54) is 0 Å². The number of amides is 1. The van der Waals surface area contributed by atoms with Crippen molar-refractivity contribution in [2.24, 2.45) is 0 Å². The lowest BCUT2D eigenvalue weighted by molar-refractivity contribution is 0.0681. The zero-order valence-electron chi connectivity index (χ0n) is 11.5. The average molecular weight is 433 g/mol. The van der Waals surface area contributed by atoms with Crippen molar-refractivity contribution < 1.29 is 9.53 Å². The molecule has 6 heteroatoms. The third-order valence-corrected chi connectivity index (χ3v) is 4.98. The van der Waals surface area contributed by atoms with Crippen molar-refractivity contribution in [3.8, 4) is 0 Å². The number of halogens is 2. The first kappa shape index (κ1) is 16.7. The molecule has 0 atom stereocenters. The second-order valence-electron chi connectivity index (χ2n) is 4.42. The Balaban J connectivity index is 2.22. The van der Waals surface area contributed by atoms with Gasteiger partial charge in [-0.1, -0.05) is 22.0 Å². The molecule has 0 saturated heterocycles. The molecule has 1 aromatic carbocycles. The molecule has 2 aromatic rings. The smallest absolute Gasteiger partial charge is 0.255 e. The summed E-state index contributed by atoms with van der Waals surface area (Å²) in [6, 6.07) is 9.64. The van der Waals surface area contributed by atoms with Gasteiger partial charge in [-0.2, -0.15) is 0 Å². The van der Waals surface area contributed by atoms with Crippen molar-refractivity contribution in [3.63, 3.8) is 0 Å². The number of hydrogen-bond donors (Lipinski definition) is 0. The fraction of sp³-hybridized carbons (Fsp3) is 0.267. The Kier molecular flexibility index (Phi) is 6.41. The second-order valence-corrected chi connectivity index (χ2v) is 7.23. The van der Waals surface area contributed by atoms with E-state index in [9.17, 15) is 4.79 Å². The molecule has 1 aromatic heterocycles. The van der Waals surface area contributed by atoms with Gasteiger partial charge in [0.1, 0.15) is 0 Å². The van der Waals surface area contributed by atoms with Crippen LogP contribution in [0.2, 0.25) is 0 Å². The Morgan fingerprint density at radius 2 is 2.14 bits per heavy atom. The van der Waals surface area contributed by atoms with E-state index in [4.69, 9.17) is 4.74 Å². The first-order valence-electron chi connectivity index (χ1n) is 6.37. The van der Waals surface area contributed by atoms with Gasteiger partial charge >= 0.3 is 0 Å². The van der Waals surface area contributed by atoms with Crippen LogP contribution in [0.3, 0.4) is 0 Å². The molecule has 0 bridgehead atoms. The fourth-order valence-electron chi connectivity index (χ4n) is 1.88. The number of benzene rings is 1. The second kappa shape index (κ2) is 8.08. The zero-order valence-corrected chi connectivity index (χ0v) is 15.5. The minimum absolute atomic E-state index is 0.00590. The highest BCUT2D eigenvalue weighted by Gasteiger charge is 2.19. The van der Waals surface area contributed by atoms with Gasteiger partial charge in [0, 0.05) is 27.5 Å². The van der Waals surface area contributed by atoms with E-state index < -0.39 is 0 Å². The predicted molar refractivity (Wildman–Crippen MR) is 92.8 cm³/mol. The normalized spacial score (nSPS) is 10.6. The molecular formula is C15H15Br2NO2S. The summed E-state index contributed by atoms with van der Waals surface area (Å²) >= 11 is 8.51. The molecule has 0 aliphatic heterocycles. The molecule has 3 nitrogen and oxygen atoms in total. The van der Waals surface area contributed by atoms with E-state index in [-0.39, 0.29) is 5.91 Å². The van der Waals surface area contributed by atoms with Crippen LogP contribution in [0.5, 0.6) is 0 Å².